The van der Waals surface area contributed by atoms with Gasteiger partial charge in [0.15, 0.2) is 11.5 Å². The molecule has 1 saturated heterocycles. The minimum absolute atomic E-state index is 0.201. The number of methoxy groups -OCH3 is 2. The second-order valence-corrected chi connectivity index (χ2v) is 7.26. The molecule has 1 fully saturated rings. The van der Waals surface area contributed by atoms with Crippen molar-refractivity contribution in [1.29, 1.82) is 0 Å². The third kappa shape index (κ3) is 3.70. The van der Waals surface area contributed by atoms with Gasteiger partial charge in [0.25, 0.3) is 0 Å². The smallest absolute Gasteiger partial charge is 0.307 e. The van der Waals surface area contributed by atoms with Crippen LogP contribution in [0.1, 0.15) is 30.0 Å². The Labute approximate surface area is 169 Å². The van der Waals surface area contributed by atoms with Gasteiger partial charge in [0.1, 0.15) is 11.5 Å². The van der Waals surface area contributed by atoms with Gasteiger partial charge in [-0.15, -0.1) is 0 Å². The minimum Gasteiger partial charge on any atom is -0.496 e. The van der Waals surface area contributed by atoms with Crippen molar-refractivity contribution >= 4 is 5.97 Å². The fraction of sp³-hybridized carbons (Fsp3) is 0.409. The number of aliphatic carboxylic acids is 1. The van der Waals surface area contributed by atoms with Crippen LogP contribution in [0.3, 0.4) is 0 Å². The minimum atomic E-state index is -0.758. The van der Waals surface area contributed by atoms with Gasteiger partial charge in [-0.1, -0.05) is 12.1 Å². The molecule has 7 heteroatoms. The van der Waals surface area contributed by atoms with E-state index in [4.69, 9.17) is 18.9 Å². The predicted molar refractivity (Wildman–Crippen MR) is 106 cm³/mol. The molecule has 2 aromatic carbocycles. The summed E-state index contributed by atoms with van der Waals surface area (Å²) < 4.78 is 22.4. The molecule has 1 N–H and O–H groups in total. The number of benzene rings is 2. The van der Waals surface area contributed by atoms with E-state index in [9.17, 15) is 9.90 Å². The number of rotatable bonds is 6. The van der Waals surface area contributed by atoms with Crippen molar-refractivity contribution in [2.45, 2.75) is 18.9 Å². The number of hydrogen-bond acceptors (Lipinski definition) is 6. The van der Waals surface area contributed by atoms with Crippen LogP contribution in [-0.2, 0) is 4.79 Å². The van der Waals surface area contributed by atoms with E-state index in [0.717, 1.165) is 24.1 Å². The predicted octanol–water partition coefficient (Wildman–Crippen LogP) is 3.32. The highest BCUT2D eigenvalue weighted by Gasteiger charge is 2.35. The number of ether oxygens (including phenoxy) is 4. The van der Waals surface area contributed by atoms with Crippen molar-refractivity contribution in [2.75, 3.05) is 34.1 Å². The number of piperidine rings is 1. The molecule has 29 heavy (non-hydrogen) atoms. The van der Waals surface area contributed by atoms with Crippen molar-refractivity contribution < 1.29 is 28.8 Å². The Kier molecular flexibility index (Phi) is 5.49. The van der Waals surface area contributed by atoms with E-state index < -0.39 is 11.9 Å². The van der Waals surface area contributed by atoms with Crippen LogP contribution in [0.4, 0.5) is 0 Å². The van der Waals surface area contributed by atoms with Crippen molar-refractivity contribution in [3.63, 3.8) is 0 Å². The Morgan fingerprint density at radius 1 is 1.14 bits per heavy atom. The molecule has 2 unspecified atom stereocenters. The zero-order valence-corrected chi connectivity index (χ0v) is 16.6. The number of likely N-dealkylation sites (tertiary alicyclic amines) is 1. The molecule has 2 atom stereocenters. The zero-order chi connectivity index (χ0) is 20.4. The van der Waals surface area contributed by atoms with Crippen LogP contribution in [0.5, 0.6) is 23.0 Å². The Hall–Kier alpha value is -2.93. The number of nitrogens with zero attached hydrogens (tertiary/aromatic N) is 1. The summed E-state index contributed by atoms with van der Waals surface area (Å²) in [4.78, 5) is 13.9. The molecule has 2 aliphatic heterocycles. The van der Waals surface area contributed by atoms with Gasteiger partial charge in [0, 0.05) is 6.54 Å². The molecule has 2 aliphatic rings. The second-order valence-electron chi connectivity index (χ2n) is 7.26. The average molecular weight is 399 g/mol. The molecule has 0 aromatic heterocycles. The first-order valence-electron chi connectivity index (χ1n) is 9.69. The lowest BCUT2D eigenvalue weighted by Gasteiger charge is -2.38. The normalized spacial score (nSPS) is 19.6. The fourth-order valence-electron chi connectivity index (χ4n) is 4.24. The lowest BCUT2D eigenvalue weighted by Crippen LogP contribution is -2.41. The molecule has 0 amide bonds. The maximum atomic E-state index is 11.7. The van der Waals surface area contributed by atoms with Gasteiger partial charge in [-0.05, 0) is 49.2 Å². The zero-order valence-electron chi connectivity index (χ0n) is 16.6. The van der Waals surface area contributed by atoms with Crippen molar-refractivity contribution in [2.24, 2.45) is 5.92 Å². The summed E-state index contributed by atoms with van der Waals surface area (Å²) in [6.45, 7) is 1.44. The van der Waals surface area contributed by atoms with Gasteiger partial charge in [-0.25, -0.2) is 0 Å². The monoisotopic (exact) mass is 399 g/mol. The first kappa shape index (κ1) is 19.4. The van der Waals surface area contributed by atoms with Crippen LogP contribution >= 0.6 is 0 Å². The molecule has 2 aromatic rings. The first-order valence-corrected chi connectivity index (χ1v) is 9.69. The van der Waals surface area contributed by atoms with Crippen LogP contribution < -0.4 is 18.9 Å². The lowest BCUT2D eigenvalue weighted by atomic mass is 9.90. The Morgan fingerprint density at radius 3 is 2.55 bits per heavy atom. The summed E-state index contributed by atoms with van der Waals surface area (Å²) in [6.07, 6.45) is 1.50. The van der Waals surface area contributed by atoms with Crippen LogP contribution in [0.2, 0.25) is 0 Å². The van der Waals surface area contributed by atoms with Gasteiger partial charge in [-0.2, -0.15) is 0 Å². The summed E-state index contributed by atoms with van der Waals surface area (Å²) in [5.41, 5.74) is 1.85. The van der Waals surface area contributed by atoms with E-state index >= 15 is 0 Å². The summed E-state index contributed by atoms with van der Waals surface area (Å²) in [5.74, 6) is 1.63. The Morgan fingerprint density at radius 2 is 1.86 bits per heavy atom. The maximum absolute atomic E-state index is 11.7. The molecule has 0 saturated carbocycles. The fourth-order valence-corrected chi connectivity index (χ4v) is 4.24. The number of hydrogen-bond donors (Lipinski definition) is 1. The molecule has 7 nitrogen and oxygen atoms in total. The van der Waals surface area contributed by atoms with E-state index in [1.165, 1.54) is 0 Å². The second kappa shape index (κ2) is 8.21. The van der Waals surface area contributed by atoms with Crippen LogP contribution in [0, 0.1) is 5.92 Å². The first-order chi connectivity index (χ1) is 14.1. The molecular formula is C22H25NO6. The largest absolute Gasteiger partial charge is 0.496 e. The Bertz CT molecular complexity index is 877. The van der Waals surface area contributed by atoms with Crippen molar-refractivity contribution in [3.05, 3.63) is 47.5 Å². The van der Waals surface area contributed by atoms with Gasteiger partial charge in [-0.3, -0.25) is 9.69 Å². The average Bonchev–Trinajstić information content (AvgIpc) is 3.22. The molecule has 0 radical (unpaired) electrons. The quantitative estimate of drug-likeness (QED) is 0.798. The summed E-state index contributed by atoms with van der Waals surface area (Å²) in [6, 6.07) is 11.3. The molecule has 4 rings (SSSR count). The summed E-state index contributed by atoms with van der Waals surface area (Å²) in [7, 11) is 3.26. The number of carboxylic acids is 1. The van der Waals surface area contributed by atoms with Gasteiger partial charge >= 0.3 is 5.97 Å². The highest BCUT2D eigenvalue weighted by molar-refractivity contribution is 5.70. The molecular weight excluding hydrogens is 374 g/mol. The van der Waals surface area contributed by atoms with E-state index in [1.807, 2.05) is 36.4 Å². The van der Waals surface area contributed by atoms with Crippen molar-refractivity contribution in [3.8, 4) is 23.0 Å². The Balaban J connectivity index is 1.83. The SMILES string of the molecule is COc1cccc(OC)c1C(c1ccc2c(c1)OCO2)N1CCCC(C(=O)O)C1. The topological polar surface area (TPSA) is 77.5 Å². The van der Waals surface area contributed by atoms with E-state index in [1.54, 1.807) is 14.2 Å². The van der Waals surface area contributed by atoms with Crippen LogP contribution in [0.15, 0.2) is 36.4 Å². The van der Waals surface area contributed by atoms with E-state index in [2.05, 4.69) is 4.90 Å². The summed E-state index contributed by atoms with van der Waals surface area (Å²) >= 11 is 0. The van der Waals surface area contributed by atoms with Gasteiger partial charge in [0.05, 0.1) is 31.7 Å². The maximum Gasteiger partial charge on any atom is 0.307 e. The van der Waals surface area contributed by atoms with Gasteiger partial charge in [0.2, 0.25) is 6.79 Å². The molecule has 154 valence electrons. The van der Waals surface area contributed by atoms with Crippen LogP contribution in [-0.4, -0.2) is 50.1 Å². The number of carbonyl (C=O) groups is 1. The highest BCUT2D eigenvalue weighted by atomic mass is 16.7. The van der Waals surface area contributed by atoms with Crippen molar-refractivity contribution in [1.82, 2.24) is 4.90 Å². The van der Waals surface area contributed by atoms with Gasteiger partial charge < -0.3 is 24.1 Å². The third-order valence-corrected chi connectivity index (χ3v) is 5.62. The van der Waals surface area contributed by atoms with E-state index in [0.29, 0.717) is 36.0 Å². The lowest BCUT2D eigenvalue weighted by molar-refractivity contribution is -0.143. The molecule has 0 spiro atoms. The third-order valence-electron chi connectivity index (χ3n) is 5.62. The molecule has 2 heterocycles. The molecule has 0 bridgehead atoms. The highest BCUT2D eigenvalue weighted by Crippen LogP contribution is 2.44. The van der Waals surface area contributed by atoms with E-state index in [-0.39, 0.29) is 12.8 Å². The standard InChI is InChI=1S/C22H25NO6/c1-26-17-6-3-7-18(27-2)20(17)21(23-10-4-5-15(12-23)22(24)25)14-8-9-16-19(11-14)29-13-28-16/h3,6-9,11,15,21H,4-5,10,12-13H2,1-2H3,(H,24,25). The number of fused-ring (bicyclic) bond motifs is 1. The summed E-state index contributed by atoms with van der Waals surface area (Å²) in [5, 5.41) is 9.59. The molecule has 0 aliphatic carbocycles. The van der Waals surface area contributed by atoms with Crippen LogP contribution in [0.25, 0.3) is 0 Å². The number of carboxylic acid groups (broad SMARTS) is 1.